The lowest BCUT2D eigenvalue weighted by Gasteiger charge is -1.97. The van der Waals surface area contributed by atoms with Crippen LogP contribution in [-0.2, 0) is 6.42 Å². The van der Waals surface area contributed by atoms with Gasteiger partial charge < -0.3 is 5.41 Å². The predicted molar refractivity (Wildman–Crippen MR) is 59.5 cm³/mol. The van der Waals surface area contributed by atoms with E-state index in [1.54, 1.807) is 0 Å². The average molecular weight is 177 g/mol. The highest BCUT2D eigenvalue weighted by atomic mass is 14.4. The van der Waals surface area contributed by atoms with E-state index in [0.717, 1.165) is 18.6 Å². The van der Waals surface area contributed by atoms with Crippen molar-refractivity contribution in [3.63, 3.8) is 0 Å². The smallest absolute Gasteiger partial charge is 0.00615 e. The molecule has 0 saturated carbocycles. The van der Waals surface area contributed by atoms with Crippen LogP contribution in [0.3, 0.4) is 0 Å². The molecule has 0 aliphatic rings. The molecule has 0 aromatic heterocycles. The molecular formula is C12H19N. The Balaban J connectivity index is 0.000000671. The first-order valence-corrected chi connectivity index (χ1v) is 4.87. The quantitative estimate of drug-likeness (QED) is 0.681. The molecule has 1 rings (SSSR count). The fraction of sp³-hybridized carbons (Fsp3) is 0.417. The van der Waals surface area contributed by atoms with E-state index in [1.165, 1.54) is 5.56 Å². The maximum atomic E-state index is 7.24. The van der Waals surface area contributed by atoms with Crippen LogP contribution < -0.4 is 0 Å². The van der Waals surface area contributed by atoms with Crippen molar-refractivity contribution in [3.05, 3.63) is 35.9 Å². The van der Waals surface area contributed by atoms with Crippen molar-refractivity contribution in [2.45, 2.75) is 33.6 Å². The lowest BCUT2D eigenvalue weighted by molar-refractivity contribution is 1.02. The second kappa shape index (κ2) is 7.53. The van der Waals surface area contributed by atoms with Gasteiger partial charge in [-0.25, -0.2) is 0 Å². The van der Waals surface area contributed by atoms with Crippen molar-refractivity contribution in [3.8, 4) is 0 Å². The third-order valence-electron chi connectivity index (χ3n) is 1.63. The van der Waals surface area contributed by atoms with Crippen LogP contribution in [0.5, 0.6) is 0 Å². The molecule has 72 valence electrons. The van der Waals surface area contributed by atoms with Gasteiger partial charge in [-0.15, -0.1) is 0 Å². The summed E-state index contributed by atoms with van der Waals surface area (Å²) in [5.74, 6) is 0. The average Bonchev–Trinajstić information content (AvgIpc) is 2.19. The molecule has 0 amide bonds. The molecule has 0 radical (unpaired) electrons. The number of hydrogen-bond donors (Lipinski definition) is 1. The summed E-state index contributed by atoms with van der Waals surface area (Å²) in [6.07, 6.45) is 1.88. The zero-order valence-corrected chi connectivity index (χ0v) is 8.80. The maximum absolute atomic E-state index is 7.24. The van der Waals surface area contributed by atoms with Gasteiger partial charge in [0.1, 0.15) is 0 Å². The standard InChI is InChI=1S/C10H13N.C2H6/c1-9(11)7-8-10-5-3-2-4-6-10;1-2/h2-6,11H,7-8H2,1H3;1-2H3. The van der Waals surface area contributed by atoms with Gasteiger partial charge in [-0.05, 0) is 25.3 Å². The Hall–Kier alpha value is -1.11. The molecule has 1 nitrogen and oxygen atoms in total. The zero-order valence-electron chi connectivity index (χ0n) is 8.80. The highest BCUT2D eigenvalue weighted by Gasteiger charge is 1.91. The fourth-order valence-corrected chi connectivity index (χ4v) is 0.977. The Morgan fingerprint density at radius 1 is 1.15 bits per heavy atom. The van der Waals surface area contributed by atoms with E-state index in [1.807, 2.05) is 39.0 Å². The summed E-state index contributed by atoms with van der Waals surface area (Å²) in [5, 5.41) is 7.24. The monoisotopic (exact) mass is 177 g/mol. The molecule has 0 aliphatic carbocycles. The van der Waals surface area contributed by atoms with Crippen LogP contribution in [0, 0.1) is 5.41 Å². The highest BCUT2D eigenvalue weighted by Crippen LogP contribution is 2.02. The maximum Gasteiger partial charge on any atom is 0.00615 e. The van der Waals surface area contributed by atoms with E-state index in [0.29, 0.717) is 0 Å². The second-order valence-corrected chi connectivity index (χ2v) is 2.77. The number of aryl methyl sites for hydroxylation is 1. The molecule has 0 fully saturated rings. The molecular weight excluding hydrogens is 158 g/mol. The van der Waals surface area contributed by atoms with Crippen molar-refractivity contribution in [2.75, 3.05) is 0 Å². The van der Waals surface area contributed by atoms with Gasteiger partial charge in [-0.2, -0.15) is 0 Å². The van der Waals surface area contributed by atoms with Crippen LogP contribution in [0.15, 0.2) is 30.3 Å². The van der Waals surface area contributed by atoms with Gasteiger partial charge in [0.05, 0.1) is 0 Å². The molecule has 1 N–H and O–H groups in total. The number of hydrogen-bond acceptors (Lipinski definition) is 1. The largest absolute Gasteiger partial charge is 0.310 e. The molecule has 0 saturated heterocycles. The van der Waals surface area contributed by atoms with Crippen LogP contribution in [0.2, 0.25) is 0 Å². The Kier molecular flexibility index (Phi) is 6.89. The number of nitrogens with one attached hydrogen (secondary N) is 1. The third kappa shape index (κ3) is 6.09. The van der Waals surface area contributed by atoms with Crippen LogP contribution in [-0.4, -0.2) is 5.71 Å². The molecule has 13 heavy (non-hydrogen) atoms. The first-order chi connectivity index (χ1) is 6.29. The van der Waals surface area contributed by atoms with E-state index in [-0.39, 0.29) is 0 Å². The SMILES string of the molecule is CC.CC(=N)CCc1ccccc1. The summed E-state index contributed by atoms with van der Waals surface area (Å²) in [7, 11) is 0. The minimum atomic E-state index is 0.758. The summed E-state index contributed by atoms with van der Waals surface area (Å²) in [4.78, 5) is 0. The molecule has 0 aliphatic heterocycles. The Labute approximate surface area is 81.3 Å². The van der Waals surface area contributed by atoms with E-state index < -0.39 is 0 Å². The van der Waals surface area contributed by atoms with E-state index in [9.17, 15) is 0 Å². The molecule has 1 heteroatoms. The van der Waals surface area contributed by atoms with Gasteiger partial charge in [0, 0.05) is 5.71 Å². The molecule has 0 spiro atoms. The minimum Gasteiger partial charge on any atom is -0.310 e. The third-order valence-corrected chi connectivity index (χ3v) is 1.63. The lowest BCUT2D eigenvalue weighted by atomic mass is 10.1. The van der Waals surface area contributed by atoms with Crippen LogP contribution in [0.25, 0.3) is 0 Å². The topological polar surface area (TPSA) is 23.9 Å². The van der Waals surface area contributed by atoms with E-state index >= 15 is 0 Å². The second-order valence-electron chi connectivity index (χ2n) is 2.77. The van der Waals surface area contributed by atoms with Crippen LogP contribution >= 0.6 is 0 Å². The molecule has 1 aromatic rings. The van der Waals surface area contributed by atoms with E-state index in [2.05, 4.69) is 12.1 Å². The first kappa shape index (κ1) is 11.9. The Morgan fingerprint density at radius 2 is 1.69 bits per heavy atom. The van der Waals surface area contributed by atoms with Crippen molar-refractivity contribution in [1.82, 2.24) is 0 Å². The van der Waals surface area contributed by atoms with Gasteiger partial charge in [0.25, 0.3) is 0 Å². The zero-order chi connectivity index (χ0) is 10.1. The van der Waals surface area contributed by atoms with Gasteiger partial charge in [0.15, 0.2) is 0 Å². The van der Waals surface area contributed by atoms with Crippen molar-refractivity contribution < 1.29 is 0 Å². The Bertz CT molecular complexity index is 226. The number of benzene rings is 1. The Morgan fingerprint density at radius 3 is 2.15 bits per heavy atom. The minimum absolute atomic E-state index is 0.758. The van der Waals surface area contributed by atoms with Crippen molar-refractivity contribution >= 4 is 5.71 Å². The summed E-state index contributed by atoms with van der Waals surface area (Å²) in [6.45, 7) is 5.85. The van der Waals surface area contributed by atoms with Gasteiger partial charge >= 0.3 is 0 Å². The van der Waals surface area contributed by atoms with Crippen LogP contribution in [0.4, 0.5) is 0 Å². The highest BCUT2D eigenvalue weighted by molar-refractivity contribution is 5.78. The predicted octanol–water partition coefficient (Wildman–Crippen LogP) is 3.69. The molecule has 0 unspecified atom stereocenters. The van der Waals surface area contributed by atoms with Crippen molar-refractivity contribution in [2.24, 2.45) is 0 Å². The molecule has 0 atom stereocenters. The van der Waals surface area contributed by atoms with Gasteiger partial charge in [0.2, 0.25) is 0 Å². The summed E-state index contributed by atoms with van der Waals surface area (Å²) < 4.78 is 0. The molecule has 0 bridgehead atoms. The van der Waals surface area contributed by atoms with Gasteiger partial charge in [-0.1, -0.05) is 44.2 Å². The van der Waals surface area contributed by atoms with Crippen LogP contribution in [0.1, 0.15) is 32.8 Å². The van der Waals surface area contributed by atoms with Gasteiger partial charge in [-0.3, -0.25) is 0 Å². The molecule has 1 aromatic carbocycles. The lowest BCUT2D eigenvalue weighted by Crippen LogP contribution is -1.92. The van der Waals surface area contributed by atoms with Crippen molar-refractivity contribution in [1.29, 1.82) is 5.41 Å². The summed E-state index contributed by atoms with van der Waals surface area (Å²) >= 11 is 0. The first-order valence-electron chi connectivity index (χ1n) is 4.87. The normalized spacial score (nSPS) is 8.54. The summed E-state index contributed by atoms with van der Waals surface area (Å²) in [6, 6.07) is 10.3. The fourth-order valence-electron chi connectivity index (χ4n) is 0.977. The molecule has 0 heterocycles. The number of rotatable bonds is 3. The van der Waals surface area contributed by atoms with E-state index in [4.69, 9.17) is 5.41 Å². The summed E-state index contributed by atoms with van der Waals surface area (Å²) in [5.41, 5.74) is 2.08.